The van der Waals surface area contributed by atoms with Gasteiger partial charge in [0.25, 0.3) is 0 Å². The van der Waals surface area contributed by atoms with Crippen LogP contribution in [0, 0.1) is 0 Å². The Hall–Kier alpha value is -1.07. The summed E-state index contributed by atoms with van der Waals surface area (Å²) < 4.78 is 0.565. The third-order valence-electron chi connectivity index (χ3n) is 1.54. The van der Waals surface area contributed by atoms with Gasteiger partial charge >= 0.3 is 0 Å². The van der Waals surface area contributed by atoms with Gasteiger partial charge in [-0.15, -0.1) is 0 Å². The Kier molecular flexibility index (Phi) is 3.27. The largest absolute Gasteiger partial charge is 0.507 e. The summed E-state index contributed by atoms with van der Waals surface area (Å²) >= 11 is 3.14. The lowest BCUT2D eigenvalue weighted by Crippen LogP contribution is -2.31. The molecule has 0 fully saturated rings. The number of nitrogens with one attached hydrogen (secondary N) is 1. The fraction of sp³-hybridized carbons (Fsp3) is 0.125. The number of amides is 1. The molecule has 0 spiro atoms. The Bertz CT molecular complexity index is 328. The highest BCUT2D eigenvalue weighted by atomic mass is 79.9. The summed E-state index contributed by atoms with van der Waals surface area (Å²) in [5.74, 6) is 4.81. The first-order valence-corrected chi connectivity index (χ1v) is 4.39. The molecule has 0 aliphatic heterocycles. The molecule has 4 nitrogen and oxygen atoms in total. The Balaban J connectivity index is 2.79. The van der Waals surface area contributed by atoms with E-state index < -0.39 is 0 Å². The summed E-state index contributed by atoms with van der Waals surface area (Å²) in [5, 5.41) is 9.16. The summed E-state index contributed by atoms with van der Waals surface area (Å²) in [6, 6.07) is 4.85. The fourth-order valence-electron chi connectivity index (χ4n) is 0.897. The minimum atomic E-state index is -0.266. The second-order valence-corrected chi connectivity index (χ2v) is 3.38. The van der Waals surface area contributed by atoms with E-state index in [1.807, 2.05) is 5.43 Å². The first-order chi connectivity index (χ1) is 6.13. The number of phenolic OH excluding ortho intramolecular Hbond substituents is 1. The third-order valence-corrected chi connectivity index (χ3v) is 2.17. The highest BCUT2D eigenvalue weighted by Gasteiger charge is 2.03. The van der Waals surface area contributed by atoms with E-state index in [0.29, 0.717) is 4.47 Å². The number of benzene rings is 1. The third kappa shape index (κ3) is 2.71. The van der Waals surface area contributed by atoms with Crippen LogP contribution in [0.4, 0.5) is 0 Å². The molecule has 4 N–H and O–H groups in total. The van der Waals surface area contributed by atoms with E-state index in [2.05, 4.69) is 15.9 Å². The summed E-state index contributed by atoms with van der Waals surface area (Å²) in [4.78, 5) is 10.9. The SMILES string of the molecule is NNC(=O)Cc1ccc(O)c(Br)c1. The van der Waals surface area contributed by atoms with Crippen LogP contribution in [0.2, 0.25) is 0 Å². The van der Waals surface area contributed by atoms with Crippen LogP contribution < -0.4 is 11.3 Å². The molecule has 0 unspecified atom stereocenters. The second kappa shape index (κ2) is 4.25. The van der Waals surface area contributed by atoms with E-state index in [1.165, 1.54) is 6.07 Å². The number of hydrogen-bond donors (Lipinski definition) is 3. The number of carbonyl (C=O) groups excluding carboxylic acids is 1. The van der Waals surface area contributed by atoms with Crippen molar-refractivity contribution < 1.29 is 9.90 Å². The van der Waals surface area contributed by atoms with Crippen LogP contribution in [0.15, 0.2) is 22.7 Å². The van der Waals surface area contributed by atoms with Gasteiger partial charge in [0.1, 0.15) is 5.75 Å². The second-order valence-electron chi connectivity index (χ2n) is 2.53. The molecule has 0 heterocycles. The molecule has 70 valence electrons. The van der Waals surface area contributed by atoms with E-state index in [-0.39, 0.29) is 18.1 Å². The van der Waals surface area contributed by atoms with Crippen LogP contribution in [0.5, 0.6) is 5.75 Å². The molecule has 0 bridgehead atoms. The van der Waals surface area contributed by atoms with Crippen LogP contribution in [0.3, 0.4) is 0 Å². The topological polar surface area (TPSA) is 75.3 Å². The number of carbonyl (C=O) groups is 1. The Morgan fingerprint density at radius 1 is 1.62 bits per heavy atom. The van der Waals surface area contributed by atoms with Gasteiger partial charge in [-0.2, -0.15) is 0 Å². The number of nitrogens with two attached hydrogens (primary N) is 1. The molecule has 13 heavy (non-hydrogen) atoms. The molecule has 0 saturated carbocycles. The summed E-state index contributed by atoms with van der Waals surface area (Å²) in [6.45, 7) is 0. The molecule has 1 rings (SSSR count). The molecule has 1 aromatic carbocycles. The lowest BCUT2D eigenvalue weighted by Gasteiger charge is -2.02. The van der Waals surface area contributed by atoms with Crippen LogP contribution >= 0.6 is 15.9 Å². The number of hydrogen-bond acceptors (Lipinski definition) is 3. The van der Waals surface area contributed by atoms with Crippen molar-refractivity contribution in [3.8, 4) is 5.75 Å². The van der Waals surface area contributed by atoms with Crippen molar-refractivity contribution >= 4 is 21.8 Å². The maximum absolute atomic E-state index is 10.9. The summed E-state index contributed by atoms with van der Waals surface area (Å²) in [5.41, 5.74) is 2.82. The van der Waals surface area contributed by atoms with Gasteiger partial charge in [-0.3, -0.25) is 10.2 Å². The highest BCUT2D eigenvalue weighted by Crippen LogP contribution is 2.24. The quantitative estimate of drug-likeness (QED) is 0.407. The number of rotatable bonds is 2. The average Bonchev–Trinajstić information content (AvgIpc) is 2.11. The van der Waals surface area contributed by atoms with Crippen molar-refractivity contribution in [2.24, 2.45) is 5.84 Å². The van der Waals surface area contributed by atoms with Crippen molar-refractivity contribution in [3.63, 3.8) is 0 Å². The van der Waals surface area contributed by atoms with Crippen LogP contribution in [0.1, 0.15) is 5.56 Å². The van der Waals surface area contributed by atoms with Crippen molar-refractivity contribution in [1.29, 1.82) is 0 Å². The number of halogens is 1. The van der Waals surface area contributed by atoms with Gasteiger partial charge in [0, 0.05) is 0 Å². The van der Waals surface area contributed by atoms with E-state index in [1.54, 1.807) is 12.1 Å². The smallest absolute Gasteiger partial charge is 0.238 e. The zero-order valence-electron chi connectivity index (χ0n) is 6.75. The van der Waals surface area contributed by atoms with Gasteiger partial charge in [-0.1, -0.05) is 6.07 Å². The molecule has 0 aliphatic rings. The number of hydrazine groups is 1. The minimum absolute atomic E-state index is 0.150. The van der Waals surface area contributed by atoms with E-state index in [4.69, 9.17) is 10.9 Å². The van der Waals surface area contributed by atoms with Crippen LogP contribution in [-0.4, -0.2) is 11.0 Å². The van der Waals surface area contributed by atoms with Gasteiger partial charge < -0.3 is 5.11 Å². The predicted molar refractivity (Wildman–Crippen MR) is 51.8 cm³/mol. The maximum atomic E-state index is 10.9. The molecule has 5 heteroatoms. The highest BCUT2D eigenvalue weighted by molar-refractivity contribution is 9.10. The summed E-state index contributed by atoms with van der Waals surface area (Å²) in [7, 11) is 0. The normalized spacial score (nSPS) is 9.69. The molecule has 1 aromatic rings. The minimum Gasteiger partial charge on any atom is -0.507 e. The molecular formula is C8H9BrN2O2. The van der Waals surface area contributed by atoms with Crippen molar-refractivity contribution in [2.75, 3.05) is 0 Å². The fourth-order valence-corrected chi connectivity index (χ4v) is 1.32. The average molecular weight is 245 g/mol. The van der Waals surface area contributed by atoms with Crippen molar-refractivity contribution in [2.45, 2.75) is 6.42 Å². The lowest BCUT2D eigenvalue weighted by molar-refractivity contribution is -0.120. The Morgan fingerprint density at radius 2 is 2.31 bits per heavy atom. The molecule has 0 aliphatic carbocycles. The van der Waals surface area contributed by atoms with Crippen molar-refractivity contribution in [3.05, 3.63) is 28.2 Å². The van der Waals surface area contributed by atoms with E-state index in [0.717, 1.165) is 5.56 Å². The number of phenols is 1. The standard InChI is InChI=1S/C8H9BrN2O2/c9-6-3-5(1-2-7(6)12)4-8(13)11-10/h1-3,12H,4,10H2,(H,11,13). The van der Waals surface area contributed by atoms with Gasteiger partial charge in [0.15, 0.2) is 0 Å². The molecule has 0 saturated heterocycles. The van der Waals surface area contributed by atoms with Gasteiger partial charge in [0.2, 0.25) is 5.91 Å². The maximum Gasteiger partial charge on any atom is 0.238 e. The van der Waals surface area contributed by atoms with Crippen LogP contribution in [-0.2, 0) is 11.2 Å². The van der Waals surface area contributed by atoms with Gasteiger partial charge in [-0.25, -0.2) is 5.84 Å². The molecule has 0 aromatic heterocycles. The van der Waals surface area contributed by atoms with E-state index in [9.17, 15) is 4.79 Å². The van der Waals surface area contributed by atoms with Crippen molar-refractivity contribution in [1.82, 2.24) is 5.43 Å². The molecule has 0 atom stereocenters. The Labute approximate surface area is 83.8 Å². The number of aromatic hydroxyl groups is 1. The molecule has 1 amide bonds. The zero-order valence-corrected chi connectivity index (χ0v) is 8.34. The first kappa shape index (κ1) is 10.0. The lowest BCUT2D eigenvalue weighted by atomic mass is 10.1. The molecule has 0 radical (unpaired) electrons. The van der Waals surface area contributed by atoms with E-state index >= 15 is 0 Å². The monoisotopic (exact) mass is 244 g/mol. The molecular weight excluding hydrogens is 236 g/mol. The zero-order chi connectivity index (χ0) is 9.84. The van der Waals surface area contributed by atoms with Gasteiger partial charge in [0.05, 0.1) is 10.9 Å². The van der Waals surface area contributed by atoms with Gasteiger partial charge in [-0.05, 0) is 33.6 Å². The van der Waals surface area contributed by atoms with Crippen LogP contribution in [0.25, 0.3) is 0 Å². The first-order valence-electron chi connectivity index (χ1n) is 3.60. The predicted octanol–water partition coefficient (Wildman–Crippen LogP) is 0.687. The Morgan fingerprint density at radius 3 is 2.85 bits per heavy atom. The summed E-state index contributed by atoms with van der Waals surface area (Å²) in [6.07, 6.45) is 0.204.